The Bertz CT molecular complexity index is 378. The Labute approximate surface area is 112 Å². The molecule has 0 aliphatic heterocycles. The zero-order valence-electron chi connectivity index (χ0n) is 9.84. The van der Waals surface area contributed by atoms with Gasteiger partial charge < -0.3 is 4.74 Å². The molecule has 2 nitrogen and oxygen atoms in total. The van der Waals surface area contributed by atoms with Gasteiger partial charge in [0.05, 0.1) is 10.0 Å². The fourth-order valence-corrected chi connectivity index (χ4v) is 1.82. The van der Waals surface area contributed by atoms with Crippen LogP contribution in [-0.2, 0) is 4.74 Å². The monoisotopic (exact) mass is 274 g/mol. The first-order valence-corrected chi connectivity index (χ1v) is 6.38. The first kappa shape index (κ1) is 14.5. The maximum Gasteiger partial charge on any atom is 0.162 e. The van der Waals surface area contributed by atoms with Crippen molar-refractivity contribution in [3.8, 4) is 0 Å². The van der Waals surface area contributed by atoms with Gasteiger partial charge in [0, 0.05) is 25.7 Å². The van der Waals surface area contributed by atoms with Gasteiger partial charge in [0.15, 0.2) is 5.78 Å². The van der Waals surface area contributed by atoms with Crippen LogP contribution in [0.1, 0.15) is 36.0 Å². The van der Waals surface area contributed by atoms with Crippen molar-refractivity contribution < 1.29 is 9.53 Å². The summed E-state index contributed by atoms with van der Waals surface area (Å²) in [6.07, 6.45) is 3.41. The molecule has 0 saturated carbocycles. The Hall–Kier alpha value is -0.570. The van der Waals surface area contributed by atoms with Crippen molar-refractivity contribution in [2.45, 2.75) is 25.7 Å². The maximum absolute atomic E-state index is 11.8. The number of carbonyl (C=O) groups excluding carboxylic acids is 1. The van der Waals surface area contributed by atoms with Crippen LogP contribution in [0.5, 0.6) is 0 Å². The lowest BCUT2D eigenvalue weighted by Crippen LogP contribution is -1.99. The van der Waals surface area contributed by atoms with Crippen molar-refractivity contribution in [2.75, 3.05) is 13.7 Å². The molecule has 1 aromatic rings. The van der Waals surface area contributed by atoms with Crippen molar-refractivity contribution in [3.63, 3.8) is 0 Å². The summed E-state index contributed by atoms with van der Waals surface area (Å²) in [5, 5.41) is 0.903. The average molecular weight is 275 g/mol. The van der Waals surface area contributed by atoms with Crippen LogP contribution in [0.2, 0.25) is 10.0 Å². The quantitative estimate of drug-likeness (QED) is 0.545. The molecule has 0 aromatic heterocycles. The van der Waals surface area contributed by atoms with Crippen molar-refractivity contribution in [1.29, 1.82) is 0 Å². The van der Waals surface area contributed by atoms with Crippen LogP contribution in [0, 0.1) is 0 Å². The normalized spacial score (nSPS) is 10.5. The molecule has 0 heterocycles. The minimum Gasteiger partial charge on any atom is -0.385 e. The molecule has 1 aromatic carbocycles. The maximum atomic E-state index is 11.8. The molecule has 0 saturated heterocycles. The van der Waals surface area contributed by atoms with Gasteiger partial charge in [0.25, 0.3) is 0 Å². The highest BCUT2D eigenvalue weighted by Gasteiger charge is 2.07. The van der Waals surface area contributed by atoms with E-state index in [9.17, 15) is 4.79 Å². The minimum atomic E-state index is 0.112. The summed E-state index contributed by atoms with van der Waals surface area (Å²) in [5.74, 6) is 0.112. The third-order valence-corrected chi connectivity index (χ3v) is 3.23. The number of ketones is 1. The van der Waals surface area contributed by atoms with E-state index in [2.05, 4.69) is 0 Å². The highest BCUT2D eigenvalue weighted by molar-refractivity contribution is 6.42. The van der Waals surface area contributed by atoms with Crippen LogP contribution < -0.4 is 0 Å². The van der Waals surface area contributed by atoms with Gasteiger partial charge in [-0.3, -0.25) is 4.79 Å². The number of benzene rings is 1. The van der Waals surface area contributed by atoms with E-state index in [1.54, 1.807) is 25.3 Å². The van der Waals surface area contributed by atoms with E-state index in [1.807, 2.05) is 0 Å². The predicted molar refractivity (Wildman–Crippen MR) is 71.1 cm³/mol. The Kier molecular flexibility index (Phi) is 6.56. The van der Waals surface area contributed by atoms with Crippen LogP contribution in [0.15, 0.2) is 18.2 Å². The first-order valence-electron chi connectivity index (χ1n) is 5.62. The average Bonchev–Trinajstić information content (AvgIpc) is 2.32. The molecule has 0 aliphatic rings. The molecule has 0 radical (unpaired) electrons. The second-order valence-corrected chi connectivity index (χ2v) is 4.67. The molecule has 0 N–H and O–H groups in total. The zero-order valence-corrected chi connectivity index (χ0v) is 11.4. The molecular formula is C13H16Cl2O2. The lowest BCUT2D eigenvalue weighted by molar-refractivity contribution is 0.0977. The molecule has 0 amide bonds. The van der Waals surface area contributed by atoms with E-state index in [4.69, 9.17) is 27.9 Å². The number of carbonyl (C=O) groups is 1. The van der Waals surface area contributed by atoms with Crippen LogP contribution >= 0.6 is 23.2 Å². The topological polar surface area (TPSA) is 26.3 Å². The summed E-state index contributed by atoms with van der Waals surface area (Å²) < 4.78 is 4.95. The third-order valence-electron chi connectivity index (χ3n) is 2.49. The van der Waals surface area contributed by atoms with Gasteiger partial charge in [-0.2, -0.15) is 0 Å². The lowest BCUT2D eigenvalue weighted by Gasteiger charge is -2.03. The van der Waals surface area contributed by atoms with E-state index in [0.717, 1.165) is 25.9 Å². The Morgan fingerprint density at radius 1 is 1.18 bits per heavy atom. The molecular weight excluding hydrogens is 259 g/mol. The van der Waals surface area contributed by atoms with Crippen molar-refractivity contribution >= 4 is 29.0 Å². The number of rotatable bonds is 7. The molecule has 0 spiro atoms. The van der Waals surface area contributed by atoms with E-state index < -0.39 is 0 Å². The summed E-state index contributed by atoms with van der Waals surface area (Å²) in [6, 6.07) is 5.00. The highest BCUT2D eigenvalue weighted by Crippen LogP contribution is 2.23. The molecule has 0 unspecified atom stereocenters. The molecule has 17 heavy (non-hydrogen) atoms. The van der Waals surface area contributed by atoms with Gasteiger partial charge in [-0.1, -0.05) is 29.6 Å². The number of methoxy groups -OCH3 is 1. The van der Waals surface area contributed by atoms with Crippen LogP contribution in [0.4, 0.5) is 0 Å². The Balaban J connectivity index is 2.39. The number of ether oxygens (including phenoxy) is 1. The molecule has 94 valence electrons. The van der Waals surface area contributed by atoms with Gasteiger partial charge in [-0.05, 0) is 31.0 Å². The molecule has 1 rings (SSSR count). The largest absolute Gasteiger partial charge is 0.385 e. The van der Waals surface area contributed by atoms with Gasteiger partial charge in [0.2, 0.25) is 0 Å². The number of hydrogen-bond acceptors (Lipinski definition) is 2. The number of Topliss-reactive ketones (excluding diaryl/α,β-unsaturated/α-hetero) is 1. The molecule has 0 bridgehead atoms. The number of unbranched alkanes of at least 4 members (excludes halogenated alkanes) is 2. The Morgan fingerprint density at radius 3 is 2.59 bits per heavy atom. The van der Waals surface area contributed by atoms with Gasteiger partial charge >= 0.3 is 0 Å². The molecule has 0 aliphatic carbocycles. The third kappa shape index (κ3) is 5.07. The second kappa shape index (κ2) is 7.70. The summed E-state index contributed by atoms with van der Waals surface area (Å²) in [6.45, 7) is 0.751. The standard InChI is InChI=1S/C13H16Cl2O2/c1-17-8-4-2-3-5-13(16)10-6-7-11(14)12(15)9-10/h6-7,9H,2-5,8H2,1H3. The number of halogens is 2. The smallest absolute Gasteiger partial charge is 0.162 e. The van der Waals surface area contributed by atoms with E-state index in [-0.39, 0.29) is 5.78 Å². The van der Waals surface area contributed by atoms with Crippen LogP contribution in [-0.4, -0.2) is 19.5 Å². The molecule has 0 atom stereocenters. The van der Waals surface area contributed by atoms with E-state index in [0.29, 0.717) is 22.0 Å². The van der Waals surface area contributed by atoms with Crippen LogP contribution in [0.25, 0.3) is 0 Å². The fourth-order valence-electron chi connectivity index (χ4n) is 1.52. The van der Waals surface area contributed by atoms with Crippen molar-refractivity contribution in [3.05, 3.63) is 33.8 Å². The van der Waals surface area contributed by atoms with Gasteiger partial charge in [-0.25, -0.2) is 0 Å². The second-order valence-electron chi connectivity index (χ2n) is 3.86. The summed E-state index contributed by atoms with van der Waals surface area (Å²) in [5.41, 5.74) is 0.631. The van der Waals surface area contributed by atoms with Crippen molar-refractivity contribution in [2.24, 2.45) is 0 Å². The lowest BCUT2D eigenvalue weighted by atomic mass is 10.0. The van der Waals surface area contributed by atoms with E-state index >= 15 is 0 Å². The zero-order chi connectivity index (χ0) is 12.7. The predicted octanol–water partition coefficient (Wildman–Crippen LogP) is 4.38. The van der Waals surface area contributed by atoms with Crippen molar-refractivity contribution in [1.82, 2.24) is 0 Å². The summed E-state index contributed by atoms with van der Waals surface area (Å²) in [7, 11) is 1.68. The first-order chi connectivity index (χ1) is 8.15. The van der Waals surface area contributed by atoms with Gasteiger partial charge in [-0.15, -0.1) is 0 Å². The van der Waals surface area contributed by atoms with Crippen LogP contribution in [0.3, 0.4) is 0 Å². The van der Waals surface area contributed by atoms with Gasteiger partial charge in [0.1, 0.15) is 0 Å². The summed E-state index contributed by atoms with van der Waals surface area (Å²) >= 11 is 11.6. The number of hydrogen-bond donors (Lipinski definition) is 0. The fraction of sp³-hybridized carbons (Fsp3) is 0.462. The Morgan fingerprint density at radius 2 is 1.94 bits per heavy atom. The summed E-state index contributed by atoms with van der Waals surface area (Å²) in [4.78, 5) is 11.8. The minimum absolute atomic E-state index is 0.112. The SMILES string of the molecule is COCCCCCC(=O)c1ccc(Cl)c(Cl)c1. The molecule has 4 heteroatoms. The highest BCUT2D eigenvalue weighted by atomic mass is 35.5. The molecule has 0 fully saturated rings. The van der Waals surface area contributed by atoms with E-state index in [1.165, 1.54) is 0 Å².